The third-order valence-corrected chi connectivity index (χ3v) is 1.88. The van der Waals surface area contributed by atoms with Crippen LogP contribution in [0.15, 0.2) is 29.4 Å². The first kappa shape index (κ1) is 10.8. The number of pyridine rings is 1. The van der Waals surface area contributed by atoms with E-state index in [0.29, 0.717) is 5.69 Å². The van der Waals surface area contributed by atoms with Gasteiger partial charge in [-0.2, -0.15) is 0 Å². The maximum atomic E-state index is 8.97. The first-order valence-corrected chi connectivity index (χ1v) is 4.38. The van der Waals surface area contributed by atoms with E-state index >= 15 is 0 Å². The topological polar surface area (TPSA) is 65.7 Å². The smallest absolute Gasteiger partial charge is 0.104 e. The van der Waals surface area contributed by atoms with Crippen molar-refractivity contribution in [2.75, 3.05) is 13.2 Å². The van der Waals surface area contributed by atoms with Crippen LogP contribution < -0.4 is 0 Å². The number of aromatic nitrogens is 1. The summed E-state index contributed by atoms with van der Waals surface area (Å²) >= 11 is 0. The Hall–Kier alpha value is -1.26. The molecule has 14 heavy (non-hydrogen) atoms. The molecule has 0 atom stereocenters. The van der Waals surface area contributed by atoms with Crippen molar-refractivity contribution < 1.29 is 10.2 Å². The Morgan fingerprint density at radius 1 is 1.43 bits per heavy atom. The molecule has 4 heteroatoms. The highest BCUT2D eigenvalue weighted by atomic mass is 16.3. The molecule has 0 amide bonds. The van der Waals surface area contributed by atoms with Gasteiger partial charge in [0, 0.05) is 12.4 Å². The van der Waals surface area contributed by atoms with Gasteiger partial charge in [0.05, 0.1) is 18.9 Å². The monoisotopic (exact) mass is 194 g/mol. The average Bonchev–Trinajstić information content (AvgIpc) is 2.27. The lowest BCUT2D eigenvalue weighted by atomic mass is 10.1. The first-order chi connectivity index (χ1) is 6.70. The fraction of sp³-hybridized carbons (Fsp3) is 0.400. The molecule has 0 fully saturated rings. The Labute approximate surface area is 83.0 Å². The fourth-order valence-electron chi connectivity index (χ4n) is 0.806. The van der Waals surface area contributed by atoms with Gasteiger partial charge in [-0.05, 0) is 19.1 Å². The third kappa shape index (κ3) is 2.90. The quantitative estimate of drug-likeness (QED) is 0.675. The molecule has 0 bridgehead atoms. The van der Waals surface area contributed by atoms with E-state index in [-0.39, 0.29) is 13.2 Å². The first-order valence-electron chi connectivity index (χ1n) is 4.38. The Morgan fingerprint density at radius 2 is 2.14 bits per heavy atom. The standard InChI is InChI=1S/C10H14N2O2/c1-10(7-13,8-14)12-6-9-4-2-3-5-11-9/h2-6,13-14H,7-8H2,1H3. The van der Waals surface area contributed by atoms with Crippen molar-refractivity contribution in [1.82, 2.24) is 4.98 Å². The number of hydrogen-bond donors (Lipinski definition) is 2. The van der Waals surface area contributed by atoms with Crippen LogP contribution in [0.5, 0.6) is 0 Å². The molecule has 1 rings (SSSR count). The SMILES string of the molecule is CC(CO)(CO)N=Cc1ccccn1. The van der Waals surface area contributed by atoms with Crippen molar-refractivity contribution in [3.63, 3.8) is 0 Å². The summed E-state index contributed by atoms with van der Waals surface area (Å²) in [4.78, 5) is 8.11. The molecule has 0 saturated carbocycles. The average molecular weight is 194 g/mol. The molecule has 0 aromatic carbocycles. The van der Waals surface area contributed by atoms with Crippen molar-refractivity contribution in [2.45, 2.75) is 12.5 Å². The lowest BCUT2D eigenvalue weighted by molar-refractivity contribution is 0.136. The third-order valence-electron chi connectivity index (χ3n) is 1.88. The lowest BCUT2D eigenvalue weighted by Gasteiger charge is -2.18. The molecule has 0 radical (unpaired) electrons. The van der Waals surface area contributed by atoms with Gasteiger partial charge in [0.1, 0.15) is 5.54 Å². The van der Waals surface area contributed by atoms with Crippen LogP contribution in [0.3, 0.4) is 0 Å². The van der Waals surface area contributed by atoms with Gasteiger partial charge in [-0.1, -0.05) is 6.07 Å². The minimum Gasteiger partial charge on any atom is -0.394 e. The number of nitrogens with zero attached hydrogens (tertiary/aromatic N) is 2. The molecular weight excluding hydrogens is 180 g/mol. The van der Waals surface area contributed by atoms with Gasteiger partial charge in [0.25, 0.3) is 0 Å². The Kier molecular flexibility index (Phi) is 3.73. The molecule has 4 nitrogen and oxygen atoms in total. The summed E-state index contributed by atoms with van der Waals surface area (Å²) in [6, 6.07) is 5.47. The van der Waals surface area contributed by atoms with Gasteiger partial charge in [0.15, 0.2) is 0 Å². The molecule has 1 heterocycles. The summed E-state index contributed by atoms with van der Waals surface area (Å²) in [5, 5.41) is 17.9. The maximum absolute atomic E-state index is 8.97. The molecule has 1 aromatic heterocycles. The largest absolute Gasteiger partial charge is 0.394 e. The predicted molar refractivity (Wildman–Crippen MR) is 54.4 cm³/mol. The summed E-state index contributed by atoms with van der Waals surface area (Å²) in [5.41, 5.74) is -0.113. The van der Waals surface area contributed by atoms with Crippen LogP contribution in [0, 0.1) is 0 Å². The van der Waals surface area contributed by atoms with E-state index < -0.39 is 5.54 Å². The summed E-state index contributed by atoms with van der Waals surface area (Å²) in [5.74, 6) is 0. The van der Waals surface area contributed by atoms with Gasteiger partial charge in [-0.25, -0.2) is 0 Å². The number of aliphatic hydroxyl groups excluding tert-OH is 2. The number of hydrogen-bond acceptors (Lipinski definition) is 4. The van der Waals surface area contributed by atoms with Crippen molar-refractivity contribution in [3.05, 3.63) is 30.1 Å². The number of rotatable bonds is 4. The van der Waals surface area contributed by atoms with Gasteiger partial charge in [-0.15, -0.1) is 0 Å². The second kappa shape index (κ2) is 4.83. The second-order valence-electron chi connectivity index (χ2n) is 3.33. The number of aliphatic hydroxyl groups is 2. The highest BCUT2D eigenvalue weighted by molar-refractivity contribution is 5.77. The van der Waals surface area contributed by atoms with Crippen LogP contribution in [0.1, 0.15) is 12.6 Å². The molecule has 0 aliphatic carbocycles. The zero-order chi connectivity index (χ0) is 10.4. The van der Waals surface area contributed by atoms with Crippen LogP contribution in [0.4, 0.5) is 0 Å². The molecule has 2 N–H and O–H groups in total. The highest BCUT2D eigenvalue weighted by Crippen LogP contribution is 2.07. The fourth-order valence-corrected chi connectivity index (χ4v) is 0.806. The van der Waals surface area contributed by atoms with Crippen LogP contribution in [0.25, 0.3) is 0 Å². The second-order valence-corrected chi connectivity index (χ2v) is 3.33. The predicted octanol–water partition coefficient (Wildman–Crippen LogP) is 0.244. The van der Waals surface area contributed by atoms with Crippen molar-refractivity contribution in [1.29, 1.82) is 0 Å². The molecule has 0 unspecified atom stereocenters. The maximum Gasteiger partial charge on any atom is 0.104 e. The van der Waals surface area contributed by atoms with Crippen molar-refractivity contribution >= 4 is 6.21 Å². The van der Waals surface area contributed by atoms with Crippen molar-refractivity contribution in [2.24, 2.45) is 4.99 Å². The van der Waals surface area contributed by atoms with Crippen LogP contribution >= 0.6 is 0 Å². The molecule has 0 saturated heterocycles. The Morgan fingerprint density at radius 3 is 2.64 bits per heavy atom. The summed E-state index contributed by atoms with van der Waals surface area (Å²) in [6.07, 6.45) is 3.21. The highest BCUT2D eigenvalue weighted by Gasteiger charge is 2.19. The van der Waals surface area contributed by atoms with E-state index in [1.54, 1.807) is 25.4 Å². The van der Waals surface area contributed by atoms with E-state index in [1.807, 2.05) is 12.1 Å². The van der Waals surface area contributed by atoms with Gasteiger partial charge < -0.3 is 10.2 Å². The summed E-state index contributed by atoms with van der Waals surface area (Å²) in [7, 11) is 0. The van der Waals surface area contributed by atoms with Crippen LogP contribution in [-0.2, 0) is 0 Å². The van der Waals surface area contributed by atoms with E-state index in [1.165, 1.54) is 0 Å². The molecule has 0 spiro atoms. The summed E-state index contributed by atoms with van der Waals surface area (Å²) < 4.78 is 0. The van der Waals surface area contributed by atoms with E-state index in [2.05, 4.69) is 9.98 Å². The van der Waals surface area contributed by atoms with E-state index in [0.717, 1.165) is 0 Å². The Balaban J connectivity index is 2.72. The number of aliphatic imine (C=N–C) groups is 1. The molecule has 1 aromatic rings. The normalized spacial score (nSPS) is 12.2. The lowest BCUT2D eigenvalue weighted by Crippen LogP contribution is -2.31. The van der Waals surface area contributed by atoms with Gasteiger partial charge >= 0.3 is 0 Å². The van der Waals surface area contributed by atoms with Gasteiger partial charge in [0.2, 0.25) is 0 Å². The van der Waals surface area contributed by atoms with Crippen molar-refractivity contribution in [3.8, 4) is 0 Å². The molecule has 0 aliphatic heterocycles. The minimum absolute atomic E-state index is 0.188. The van der Waals surface area contributed by atoms with E-state index in [9.17, 15) is 0 Å². The zero-order valence-electron chi connectivity index (χ0n) is 8.09. The summed E-state index contributed by atoms with van der Waals surface area (Å²) in [6.45, 7) is 1.30. The van der Waals surface area contributed by atoms with E-state index in [4.69, 9.17) is 10.2 Å². The van der Waals surface area contributed by atoms with Crippen LogP contribution in [-0.4, -0.2) is 40.2 Å². The van der Waals surface area contributed by atoms with Crippen LogP contribution in [0.2, 0.25) is 0 Å². The molecular formula is C10H14N2O2. The zero-order valence-corrected chi connectivity index (χ0v) is 8.09. The molecule has 0 aliphatic rings. The molecule has 76 valence electrons. The minimum atomic E-state index is -0.822. The van der Waals surface area contributed by atoms with Gasteiger partial charge in [-0.3, -0.25) is 9.98 Å². The Bertz CT molecular complexity index is 294.